The first-order valence-electron chi connectivity index (χ1n) is 5.43. The molecule has 0 saturated carbocycles. The van der Waals surface area contributed by atoms with Crippen molar-refractivity contribution in [2.45, 2.75) is 11.4 Å². The molecule has 0 fully saturated rings. The number of thioether (sulfide) groups is 1. The van der Waals surface area contributed by atoms with Crippen molar-refractivity contribution in [1.82, 2.24) is 0 Å². The van der Waals surface area contributed by atoms with Gasteiger partial charge in [-0.05, 0) is 36.1 Å². The molecule has 3 heteroatoms. The van der Waals surface area contributed by atoms with E-state index in [0.717, 1.165) is 22.0 Å². The first-order chi connectivity index (χ1) is 8.33. The summed E-state index contributed by atoms with van der Waals surface area (Å²) in [5, 5.41) is 0. The number of rotatable bonds is 4. The van der Waals surface area contributed by atoms with Crippen LogP contribution in [-0.2, 0) is 6.54 Å². The van der Waals surface area contributed by atoms with E-state index in [2.05, 4.69) is 0 Å². The van der Waals surface area contributed by atoms with Gasteiger partial charge in [0.1, 0.15) is 11.5 Å². The number of hydrogen-bond acceptors (Lipinski definition) is 3. The zero-order valence-electron chi connectivity index (χ0n) is 9.72. The molecular formula is C14H15NOS. The Balaban J connectivity index is 2.19. The largest absolute Gasteiger partial charge is 0.456 e. The molecule has 2 N–H and O–H groups in total. The second-order valence-electron chi connectivity index (χ2n) is 3.60. The molecule has 17 heavy (non-hydrogen) atoms. The summed E-state index contributed by atoms with van der Waals surface area (Å²) < 4.78 is 5.84. The van der Waals surface area contributed by atoms with Crippen LogP contribution in [0.5, 0.6) is 11.5 Å². The van der Waals surface area contributed by atoms with Crippen LogP contribution in [0.4, 0.5) is 0 Å². The fourth-order valence-electron chi connectivity index (χ4n) is 1.52. The van der Waals surface area contributed by atoms with E-state index < -0.39 is 0 Å². The van der Waals surface area contributed by atoms with E-state index in [-0.39, 0.29) is 0 Å². The molecule has 0 radical (unpaired) electrons. The van der Waals surface area contributed by atoms with Gasteiger partial charge >= 0.3 is 0 Å². The van der Waals surface area contributed by atoms with Gasteiger partial charge in [0.2, 0.25) is 0 Å². The summed E-state index contributed by atoms with van der Waals surface area (Å²) in [6, 6.07) is 15.9. The van der Waals surface area contributed by atoms with E-state index in [0.29, 0.717) is 6.54 Å². The summed E-state index contributed by atoms with van der Waals surface area (Å²) in [6.45, 7) is 0.557. The van der Waals surface area contributed by atoms with Gasteiger partial charge in [0.05, 0.1) is 0 Å². The Morgan fingerprint density at radius 1 is 1.06 bits per heavy atom. The Morgan fingerprint density at radius 3 is 2.41 bits per heavy atom. The van der Waals surface area contributed by atoms with Gasteiger partial charge in [0, 0.05) is 11.4 Å². The second-order valence-corrected chi connectivity index (χ2v) is 4.45. The molecule has 0 aromatic heterocycles. The van der Waals surface area contributed by atoms with Gasteiger partial charge in [-0.2, -0.15) is 0 Å². The van der Waals surface area contributed by atoms with Crippen molar-refractivity contribution >= 4 is 11.8 Å². The highest BCUT2D eigenvalue weighted by molar-refractivity contribution is 7.98. The zero-order valence-corrected chi connectivity index (χ0v) is 10.5. The molecule has 0 aliphatic rings. The van der Waals surface area contributed by atoms with Crippen LogP contribution >= 0.6 is 11.8 Å². The molecule has 0 amide bonds. The lowest BCUT2D eigenvalue weighted by Crippen LogP contribution is -1.95. The second kappa shape index (κ2) is 5.75. The van der Waals surface area contributed by atoms with Crippen molar-refractivity contribution in [3.8, 4) is 11.5 Å². The van der Waals surface area contributed by atoms with Crippen molar-refractivity contribution in [2.24, 2.45) is 5.73 Å². The van der Waals surface area contributed by atoms with Gasteiger partial charge in [-0.3, -0.25) is 0 Å². The summed E-state index contributed by atoms with van der Waals surface area (Å²) in [4.78, 5) is 1.13. The molecule has 0 aliphatic carbocycles. The minimum atomic E-state index is 0.557. The highest BCUT2D eigenvalue weighted by atomic mass is 32.2. The predicted octanol–water partition coefficient (Wildman–Crippen LogP) is 3.66. The Kier molecular flexibility index (Phi) is 4.07. The minimum absolute atomic E-state index is 0.557. The van der Waals surface area contributed by atoms with Crippen LogP contribution in [0.1, 0.15) is 5.56 Å². The molecule has 0 unspecified atom stereocenters. The monoisotopic (exact) mass is 245 g/mol. The minimum Gasteiger partial charge on any atom is -0.456 e. The fourth-order valence-corrected chi connectivity index (χ4v) is 2.05. The first kappa shape index (κ1) is 12.0. The van der Waals surface area contributed by atoms with Crippen molar-refractivity contribution in [1.29, 1.82) is 0 Å². The number of ether oxygens (including phenoxy) is 1. The van der Waals surface area contributed by atoms with Gasteiger partial charge < -0.3 is 10.5 Å². The lowest BCUT2D eigenvalue weighted by atomic mass is 10.2. The van der Waals surface area contributed by atoms with Crippen LogP contribution in [0.2, 0.25) is 0 Å². The Labute approximate surface area is 106 Å². The van der Waals surface area contributed by atoms with Crippen LogP contribution in [0.25, 0.3) is 0 Å². The van der Waals surface area contributed by atoms with Gasteiger partial charge in [-0.25, -0.2) is 0 Å². The third kappa shape index (κ3) is 3.02. The summed E-state index contributed by atoms with van der Waals surface area (Å²) in [7, 11) is 0. The SMILES string of the molecule is CSc1ccccc1Oc1ccc(CN)cc1. The smallest absolute Gasteiger partial charge is 0.140 e. The lowest BCUT2D eigenvalue weighted by Gasteiger charge is -2.09. The first-order valence-corrected chi connectivity index (χ1v) is 6.66. The maximum atomic E-state index is 5.84. The Morgan fingerprint density at radius 2 is 1.76 bits per heavy atom. The van der Waals surface area contributed by atoms with Crippen molar-refractivity contribution in [3.63, 3.8) is 0 Å². The molecule has 0 bridgehead atoms. The van der Waals surface area contributed by atoms with E-state index in [1.54, 1.807) is 11.8 Å². The molecule has 2 nitrogen and oxygen atoms in total. The fraction of sp³-hybridized carbons (Fsp3) is 0.143. The summed E-state index contributed by atoms with van der Waals surface area (Å²) in [5.41, 5.74) is 6.66. The average molecular weight is 245 g/mol. The molecular weight excluding hydrogens is 230 g/mol. The van der Waals surface area contributed by atoms with Gasteiger partial charge in [0.25, 0.3) is 0 Å². The Bertz CT molecular complexity index is 482. The van der Waals surface area contributed by atoms with Gasteiger partial charge in [-0.15, -0.1) is 11.8 Å². The quantitative estimate of drug-likeness (QED) is 0.835. The molecule has 0 heterocycles. The standard InChI is InChI=1S/C14H15NOS/c1-17-14-5-3-2-4-13(14)16-12-8-6-11(10-15)7-9-12/h2-9H,10,15H2,1H3. The van der Waals surface area contributed by atoms with Crippen molar-refractivity contribution in [2.75, 3.05) is 6.26 Å². The van der Waals surface area contributed by atoms with E-state index >= 15 is 0 Å². The number of benzene rings is 2. The molecule has 0 saturated heterocycles. The molecule has 0 atom stereocenters. The van der Waals surface area contributed by atoms with Gasteiger partial charge in [0.15, 0.2) is 0 Å². The lowest BCUT2D eigenvalue weighted by molar-refractivity contribution is 0.471. The van der Waals surface area contributed by atoms with Gasteiger partial charge in [-0.1, -0.05) is 24.3 Å². The molecule has 0 aliphatic heterocycles. The molecule has 88 valence electrons. The van der Waals surface area contributed by atoms with Crippen LogP contribution in [0.15, 0.2) is 53.4 Å². The molecule has 2 rings (SSSR count). The molecule has 2 aromatic carbocycles. The van der Waals surface area contributed by atoms with Crippen LogP contribution in [0.3, 0.4) is 0 Å². The summed E-state index contributed by atoms with van der Waals surface area (Å²) in [5.74, 6) is 1.73. The van der Waals surface area contributed by atoms with Crippen LogP contribution in [0, 0.1) is 0 Å². The van der Waals surface area contributed by atoms with E-state index in [4.69, 9.17) is 10.5 Å². The van der Waals surface area contributed by atoms with E-state index in [1.807, 2.05) is 54.8 Å². The van der Waals surface area contributed by atoms with Crippen molar-refractivity contribution < 1.29 is 4.74 Å². The predicted molar refractivity (Wildman–Crippen MR) is 72.6 cm³/mol. The van der Waals surface area contributed by atoms with Crippen molar-refractivity contribution in [3.05, 3.63) is 54.1 Å². The average Bonchev–Trinajstić information content (AvgIpc) is 2.40. The summed E-state index contributed by atoms with van der Waals surface area (Å²) in [6.07, 6.45) is 2.04. The molecule has 2 aromatic rings. The maximum Gasteiger partial charge on any atom is 0.140 e. The maximum absolute atomic E-state index is 5.84. The third-order valence-electron chi connectivity index (χ3n) is 2.46. The van der Waals surface area contributed by atoms with E-state index in [9.17, 15) is 0 Å². The number of hydrogen-bond donors (Lipinski definition) is 1. The third-order valence-corrected chi connectivity index (χ3v) is 3.23. The zero-order chi connectivity index (χ0) is 12.1. The normalized spacial score (nSPS) is 10.2. The highest BCUT2D eigenvalue weighted by Gasteiger charge is 2.02. The topological polar surface area (TPSA) is 35.2 Å². The van der Waals surface area contributed by atoms with Crippen LogP contribution < -0.4 is 10.5 Å². The van der Waals surface area contributed by atoms with E-state index in [1.165, 1.54) is 0 Å². The number of nitrogens with two attached hydrogens (primary N) is 1. The highest BCUT2D eigenvalue weighted by Crippen LogP contribution is 2.31. The Hall–Kier alpha value is -1.45. The summed E-state index contributed by atoms with van der Waals surface area (Å²) >= 11 is 1.68. The van der Waals surface area contributed by atoms with Crippen LogP contribution in [-0.4, -0.2) is 6.26 Å². The molecule has 0 spiro atoms. The number of para-hydroxylation sites is 1.